The first-order valence-corrected chi connectivity index (χ1v) is 11.0. The predicted octanol–water partition coefficient (Wildman–Crippen LogP) is 3.85. The summed E-state index contributed by atoms with van der Waals surface area (Å²) < 4.78 is 33.3. The van der Waals surface area contributed by atoms with Gasteiger partial charge in [-0.15, -0.1) is 0 Å². The summed E-state index contributed by atoms with van der Waals surface area (Å²) in [7, 11) is -2.31. The van der Waals surface area contributed by atoms with E-state index in [-0.39, 0.29) is 4.90 Å². The third-order valence-corrected chi connectivity index (χ3v) is 8.43. The second-order valence-electron chi connectivity index (χ2n) is 7.88. The van der Waals surface area contributed by atoms with Crippen molar-refractivity contribution < 1.29 is 17.9 Å². The number of aryl methyl sites for hydroxylation is 2. The smallest absolute Gasteiger partial charge is 0.244 e. The van der Waals surface area contributed by atoms with E-state index in [1.54, 1.807) is 43.4 Å². The minimum Gasteiger partial charge on any atom is -0.468 e. The molecule has 4 rings (SSSR count). The molecule has 0 saturated carbocycles. The van der Waals surface area contributed by atoms with Crippen LogP contribution in [0.1, 0.15) is 36.0 Å². The standard InChI is InChI=1S/C21H22ClNO4S/c1-12-5-7-15(9-13(12)2)28(25,26)19-17-11-21(3,23(4)20(19)24)27-18-8-6-14(22)10-16(17)18/h5-10,17,19H,11H2,1-4H3/t17-,19-,21-/m0/s1. The Morgan fingerprint density at radius 2 is 1.86 bits per heavy atom. The van der Waals surface area contributed by atoms with E-state index in [0.717, 1.165) is 11.1 Å². The Labute approximate surface area is 170 Å². The van der Waals surface area contributed by atoms with Crippen LogP contribution in [0.15, 0.2) is 41.3 Å². The Bertz CT molecular complexity index is 1100. The van der Waals surface area contributed by atoms with E-state index in [9.17, 15) is 13.2 Å². The number of amides is 1. The van der Waals surface area contributed by atoms with Gasteiger partial charge in [0, 0.05) is 30.0 Å². The third-order valence-electron chi connectivity index (χ3n) is 6.09. The Kier molecular flexibility index (Phi) is 4.28. The summed E-state index contributed by atoms with van der Waals surface area (Å²) in [5.74, 6) is -0.409. The van der Waals surface area contributed by atoms with Gasteiger partial charge in [0.05, 0.1) is 4.90 Å². The van der Waals surface area contributed by atoms with Crippen molar-refractivity contribution >= 4 is 27.3 Å². The lowest BCUT2D eigenvalue weighted by atomic mass is 9.80. The van der Waals surface area contributed by atoms with Crippen molar-refractivity contribution in [3.63, 3.8) is 0 Å². The van der Waals surface area contributed by atoms with Crippen LogP contribution in [0.3, 0.4) is 0 Å². The number of carbonyl (C=O) groups is 1. The molecular weight excluding hydrogens is 398 g/mol. The average Bonchev–Trinajstić information content (AvgIpc) is 2.62. The normalized spacial score (nSPS) is 26.6. The van der Waals surface area contributed by atoms with E-state index >= 15 is 0 Å². The van der Waals surface area contributed by atoms with Gasteiger partial charge < -0.3 is 9.64 Å². The van der Waals surface area contributed by atoms with Crippen LogP contribution in [0.5, 0.6) is 5.75 Å². The number of fused-ring (bicyclic) bond motifs is 4. The highest BCUT2D eigenvalue weighted by molar-refractivity contribution is 7.92. The Hall–Kier alpha value is -2.05. The summed E-state index contributed by atoms with van der Waals surface area (Å²) >= 11 is 6.17. The Morgan fingerprint density at radius 1 is 1.14 bits per heavy atom. The first-order chi connectivity index (χ1) is 13.0. The molecule has 2 bridgehead atoms. The molecule has 148 valence electrons. The van der Waals surface area contributed by atoms with E-state index in [4.69, 9.17) is 16.3 Å². The zero-order valence-corrected chi connectivity index (χ0v) is 17.8. The summed E-state index contributed by atoms with van der Waals surface area (Å²) in [5, 5.41) is -0.728. The monoisotopic (exact) mass is 419 g/mol. The molecule has 2 aromatic rings. The van der Waals surface area contributed by atoms with Crippen molar-refractivity contribution in [2.75, 3.05) is 7.05 Å². The number of hydrogen-bond donors (Lipinski definition) is 0. The van der Waals surface area contributed by atoms with Gasteiger partial charge in [0.1, 0.15) is 5.75 Å². The van der Waals surface area contributed by atoms with Crippen LogP contribution in [0.4, 0.5) is 0 Å². The van der Waals surface area contributed by atoms with Gasteiger partial charge in [0.2, 0.25) is 5.91 Å². The average molecular weight is 420 g/mol. The van der Waals surface area contributed by atoms with Crippen molar-refractivity contribution in [1.82, 2.24) is 4.90 Å². The van der Waals surface area contributed by atoms with Gasteiger partial charge in [-0.1, -0.05) is 17.7 Å². The number of halogens is 1. The molecule has 7 heteroatoms. The van der Waals surface area contributed by atoms with E-state index in [2.05, 4.69) is 0 Å². The summed E-state index contributed by atoms with van der Waals surface area (Å²) in [4.78, 5) is 14.8. The highest BCUT2D eigenvalue weighted by atomic mass is 35.5. The van der Waals surface area contributed by atoms with Crippen LogP contribution in [0.2, 0.25) is 5.02 Å². The van der Waals surface area contributed by atoms with Crippen molar-refractivity contribution in [2.45, 2.75) is 49.0 Å². The maximum atomic E-state index is 13.6. The quantitative estimate of drug-likeness (QED) is 0.741. The largest absolute Gasteiger partial charge is 0.468 e. The fourth-order valence-corrected chi connectivity index (χ4v) is 6.33. The topological polar surface area (TPSA) is 63.7 Å². The molecule has 1 amide bonds. The first-order valence-electron chi connectivity index (χ1n) is 9.12. The SMILES string of the molecule is Cc1ccc(S(=O)(=O)[C@@H]2C(=O)N(C)[C@]3(C)C[C@H]2c2cc(Cl)ccc2O3)cc1C. The molecular formula is C21H22ClNO4S. The molecule has 2 aliphatic rings. The Balaban J connectivity index is 1.91. The highest BCUT2D eigenvalue weighted by Crippen LogP contribution is 2.50. The van der Waals surface area contributed by atoms with Gasteiger partial charge in [-0.25, -0.2) is 8.42 Å². The number of rotatable bonds is 2. The number of benzene rings is 2. The van der Waals surface area contributed by atoms with Crippen LogP contribution in [0.25, 0.3) is 0 Å². The van der Waals surface area contributed by atoms with Crippen molar-refractivity contribution in [2.24, 2.45) is 0 Å². The number of likely N-dealkylation sites (tertiary alicyclic amines) is 1. The zero-order valence-electron chi connectivity index (χ0n) is 16.2. The van der Waals surface area contributed by atoms with Crippen molar-refractivity contribution in [3.05, 3.63) is 58.1 Å². The maximum Gasteiger partial charge on any atom is 0.244 e. The molecule has 2 heterocycles. The van der Waals surface area contributed by atoms with Crippen LogP contribution in [-0.4, -0.2) is 37.2 Å². The minimum absolute atomic E-state index is 0.168. The van der Waals surface area contributed by atoms with Gasteiger partial charge >= 0.3 is 0 Å². The fourth-order valence-electron chi connectivity index (χ4n) is 4.16. The van der Waals surface area contributed by atoms with E-state index < -0.39 is 32.6 Å². The van der Waals surface area contributed by atoms with Gasteiger partial charge in [0.25, 0.3) is 0 Å². The number of nitrogens with zero attached hydrogens (tertiary/aromatic N) is 1. The molecule has 2 aromatic carbocycles. The van der Waals surface area contributed by atoms with Crippen LogP contribution in [0, 0.1) is 13.8 Å². The van der Waals surface area contributed by atoms with Crippen LogP contribution < -0.4 is 4.74 Å². The molecule has 1 saturated heterocycles. The summed E-state index contributed by atoms with van der Waals surface area (Å²) in [6.45, 7) is 5.60. The number of carbonyl (C=O) groups excluding carboxylic acids is 1. The lowest BCUT2D eigenvalue weighted by Gasteiger charge is -2.51. The molecule has 0 spiro atoms. The van der Waals surface area contributed by atoms with E-state index in [0.29, 0.717) is 22.8 Å². The second-order valence-corrected chi connectivity index (χ2v) is 10.4. The van der Waals surface area contributed by atoms with Gasteiger partial charge in [0.15, 0.2) is 20.8 Å². The lowest BCUT2D eigenvalue weighted by Crippen LogP contribution is -2.64. The molecule has 3 atom stereocenters. The zero-order chi connectivity index (χ0) is 20.4. The molecule has 28 heavy (non-hydrogen) atoms. The molecule has 2 aliphatic heterocycles. The Morgan fingerprint density at radius 3 is 2.54 bits per heavy atom. The van der Waals surface area contributed by atoms with Crippen LogP contribution in [-0.2, 0) is 14.6 Å². The molecule has 0 aromatic heterocycles. The van der Waals surface area contributed by atoms with Gasteiger partial charge in [-0.2, -0.15) is 0 Å². The molecule has 0 unspecified atom stereocenters. The number of ether oxygens (including phenoxy) is 1. The molecule has 0 radical (unpaired) electrons. The lowest BCUT2D eigenvalue weighted by molar-refractivity contribution is -0.159. The van der Waals surface area contributed by atoms with E-state index in [1.807, 2.05) is 20.8 Å². The molecule has 0 aliphatic carbocycles. The van der Waals surface area contributed by atoms with Crippen LogP contribution >= 0.6 is 11.6 Å². The van der Waals surface area contributed by atoms with Gasteiger partial charge in [-0.3, -0.25) is 4.79 Å². The number of sulfone groups is 1. The number of piperidine rings is 1. The molecule has 5 nitrogen and oxygen atoms in total. The first kappa shape index (κ1) is 19.3. The van der Waals surface area contributed by atoms with Gasteiger partial charge in [-0.05, 0) is 62.2 Å². The summed E-state index contributed by atoms with van der Waals surface area (Å²) in [6, 6.07) is 10.2. The third kappa shape index (κ3) is 2.73. The molecule has 0 N–H and O–H groups in total. The van der Waals surface area contributed by atoms with E-state index in [1.165, 1.54) is 4.90 Å². The van der Waals surface area contributed by atoms with Crippen molar-refractivity contribution in [3.8, 4) is 5.75 Å². The fraction of sp³-hybridized carbons (Fsp3) is 0.381. The summed E-state index contributed by atoms with van der Waals surface area (Å²) in [6.07, 6.45) is 0.386. The highest BCUT2D eigenvalue weighted by Gasteiger charge is 2.57. The minimum atomic E-state index is -3.91. The number of hydrogen-bond acceptors (Lipinski definition) is 4. The molecule has 1 fully saturated rings. The maximum absolute atomic E-state index is 13.6. The predicted molar refractivity (Wildman–Crippen MR) is 108 cm³/mol. The summed E-state index contributed by atoms with van der Waals surface area (Å²) in [5.41, 5.74) is 1.65. The second kappa shape index (κ2) is 6.22. The van der Waals surface area contributed by atoms with Crippen molar-refractivity contribution in [1.29, 1.82) is 0 Å².